The summed E-state index contributed by atoms with van der Waals surface area (Å²) in [5.74, 6) is 0.209. The van der Waals surface area contributed by atoms with E-state index in [1.54, 1.807) is 0 Å². The van der Waals surface area contributed by atoms with Crippen LogP contribution in [0, 0.1) is 5.92 Å². The maximum atomic E-state index is 11.4. The van der Waals surface area contributed by atoms with Crippen molar-refractivity contribution in [3.8, 4) is 0 Å². The molecule has 0 saturated carbocycles. The number of rotatable bonds is 4. The highest BCUT2D eigenvalue weighted by atomic mass is 16.5. The van der Waals surface area contributed by atoms with Gasteiger partial charge in [0.1, 0.15) is 6.61 Å². The van der Waals surface area contributed by atoms with E-state index in [4.69, 9.17) is 4.74 Å². The highest BCUT2D eigenvalue weighted by molar-refractivity contribution is 5.78. The van der Waals surface area contributed by atoms with Gasteiger partial charge in [0, 0.05) is 25.4 Å². The minimum atomic E-state index is -0.446. The molecule has 1 aliphatic heterocycles. The predicted octanol–water partition coefficient (Wildman–Crippen LogP) is 1.05. The zero-order valence-corrected chi connectivity index (χ0v) is 10.0. The molecule has 5 heteroatoms. The first-order valence-corrected chi connectivity index (χ1v) is 5.95. The molecule has 0 bridgehead atoms. The molecular weight excluding hydrogens is 232 g/mol. The van der Waals surface area contributed by atoms with Crippen molar-refractivity contribution >= 4 is 12.0 Å². The van der Waals surface area contributed by atoms with Gasteiger partial charge in [-0.1, -0.05) is 30.3 Å². The number of hydrogen-bond donors (Lipinski definition) is 2. The molecule has 2 rings (SSSR count). The summed E-state index contributed by atoms with van der Waals surface area (Å²) in [5, 5.41) is 5.38. The molecule has 0 unspecified atom stereocenters. The van der Waals surface area contributed by atoms with Crippen molar-refractivity contribution < 1.29 is 14.3 Å². The van der Waals surface area contributed by atoms with Crippen LogP contribution < -0.4 is 10.6 Å². The number of alkyl carbamates (subject to hydrolysis) is 1. The quantitative estimate of drug-likeness (QED) is 0.837. The lowest BCUT2D eigenvalue weighted by Gasteiger charge is -2.09. The van der Waals surface area contributed by atoms with Crippen molar-refractivity contribution in [3.05, 3.63) is 35.9 Å². The largest absolute Gasteiger partial charge is 0.445 e. The average Bonchev–Trinajstić information content (AvgIpc) is 2.81. The third-order valence-electron chi connectivity index (χ3n) is 2.81. The topological polar surface area (TPSA) is 67.4 Å². The van der Waals surface area contributed by atoms with E-state index in [0.717, 1.165) is 5.56 Å². The second-order valence-electron chi connectivity index (χ2n) is 4.32. The molecule has 1 atom stereocenters. The van der Waals surface area contributed by atoms with Crippen molar-refractivity contribution in [2.45, 2.75) is 13.0 Å². The Morgan fingerprint density at radius 1 is 1.39 bits per heavy atom. The Bertz CT molecular complexity index is 420. The molecule has 0 aromatic heterocycles. The first-order chi connectivity index (χ1) is 8.74. The van der Waals surface area contributed by atoms with Gasteiger partial charge in [-0.25, -0.2) is 4.79 Å². The van der Waals surface area contributed by atoms with Gasteiger partial charge in [-0.05, 0) is 5.56 Å². The lowest BCUT2D eigenvalue weighted by Crippen LogP contribution is -2.30. The number of nitrogens with one attached hydrogen (secondary N) is 2. The highest BCUT2D eigenvalue weighted by Gasteiger charge is 2.21. The number of amides is 2. The summed E-state index contributed by atoms with van der Waals surface area (Å²) in [5.41, 5.74) is 0.949. The first-order valence-electron chi connectivity index (χ1n) is 5.95. The molecule has 0 spiro atoms. The summed E-state index contributed by atoms with van der Waals surface area (Å²) < 4.78 is 5.06. The van der Waals surface area contributed by atoms with E-state index in [1.807, 2.05) is 30.3 Å². The summed E-state index contributed by atoms with van der Waals surface area (Å²) in [6, 6.07) is 9.49. The third kappa shape index (κ3) is 3.76. The number of carbonyl (C=O) groups excluding carboxylic acids is 2. The smallest absolute Gasteiger partial charge is 0.407 e. The van der Waals surface area contributed by atoms with Crippen LogP contribution in [0.25, 0.3) is 0 Å². The standard InChI is InChI=1S/C13H16N2O3/c16-12-6-11(7-14-12)8-15-13(17)18-9-10-4-2-1-3-5-10/h1-5,11H,6-9H2,(H,14,16)(H,15,17)/t11-/m1/s1. The number of carbonyl (C=O) groups is 2. The first kappa shape index (κ1) is 12.4. The second kappa shape index (κ2) is 6.05. The van der Waals surface area contributed by atoms with E-state index in [2.05, 4.69) is 10.6 Å². The monoisotopic (exact) mass is 248 g/mol. The molecule has 1 saturated heterocycles. The van der Waals surface area contributed by atoms with E-state index < -0.39 is 6.09 Å². The molecule has 1 aromatic carbocycles. The molecule has 0 radical (unpaired) electrons. The van der Waals surface area contributed by atoms with Crippen molar-refractivity contribution in [2.75, 3.05) is 13.1 Å². The van der Waals surface area contributed by atoms with Gasteiger partial charge < -0.3 is 15.4 Å². The molecule has 1 aliphatic rings. The minimum absolute atomic E-state index is 0.0412. The Hall–Kier alpha value is -2.04. The van der Waals surface area contributed by atoms with E-state index in [-0.39, 0.29) is 18.4 Å². The maximum Gasteiger partial charge on any atom is 0.407 e. The average molecular weight is 248 g/mol. The van der Waals surface area contributed by atoms with Gasteiger partial charge in [-0.2, -0.15) is 0 Å². The van der Waals surface area contributed by atoms with Gasteiger partial charge in [-0.3, -0.25) is 4.79 Å². The van der Waals surface area contributed by atoms with Crippen molar-refractivity contribution in [1.82, 2.24) is 10.6 Å². The van der Waals surface area contributed by atoms with Gasteiger partial charge in [-0.15, -0.1) is 0 Å². The Morgan fingerprint density at radius 3 is 2.83 bits per heavy atom. The molecule has 96 valence electrons. The maximum absolute atomic E-state index is 11.4. The van der Waals surface area contributed by atoms with Crippen LogP contribution in [0.15, 0.2) is 30.3 Å². The number of benzene rings is 1. The van der Waals surface area contributed by atoms with Crippen LogP contribution >= 0.6 is 0 Å². The zero-order valence-electron chi connectivity index (χ0n) is 10.0. The molecule has 18 heavy (non-hydrogen) atoms. The van der Waals surface area contributed by atoms with Crippen LogP contribution in [0.3, 0.4) is 0 Å². The fraction of sp³-hybridized carbons (Fsp3) is 0.385. The molecule has 1 aromatic rings. The summed E-state index contributed by atoms with van der Waals surface area (Å²) in [6.45, 7) is 1.35. The van der Waals surface area contributed by atoms with Crippen LogP contribution in [0.2, 0.25) is 0 Å². The number of hydrogen-bond acceptors (Lipinski definition) is 3. The van der Waals surface area contributed by atoms with Crippen LogP contribution in [0.4, 0.5) is 4.79 Å². The van der Waals surface area contributed by atoms with Gasteiger partial charge in [0.2, 0.25) is 5.91 Å². The fourth-order valence-corrected chi connectivity index (χ4v) is 1.81. The minimum Gasteiger partial charge on any atom is -0.445 e. The van der Waals surface area contributed by atoms with Gasteiger partial charge in [0.15, 0.2) is 0 Å². The SMILES string of the molecule is O=C1C[C@@H](CNC(=O)OCc2ccccc2)CN1. The second-order valence-corrected chi connectivity index (χ2v) is 4.32. The van der Waals surface area contributed by atoms with Gasteiger partial charge in [0.05, 0.1) is 0 Å². The van der Waals surface area contributed by atoms with Crippen LogP contribution in [-0.2, 0) is 16.1 Å². The number of ether oxygens (including phenoxy) is 1. The van der Waals surface area contributed by atoms with Gasteiger partial charge >= 0.3 is 6.09 Å². The summed E-state index contributed by atoms with van der Waals surface area (Å²) >= 11 is 0. The zero-order chi connectivity index (χ0) is 12.8. The Morgan fingerprint density at radius 2 is 2.17 bits per heavy atom. The Labute approximate surface area is 106 Å². The van der Waals surface area contributed by atoms with Crippen molar-refractivity contribution in [1.29, 1.82) is 0 Å². The van der Waals surface area contributed by atoms with Crippen LogP contribution in [-0.4, -0.2) is 25.1 Å². The van der Waals surface area contributed by atoms with Crippen molar-refractivity contribution in [2.24, 2.45) is 5.92 Å². The Balaban J connectivity index is 1.65. The molecule has 2 amide bonds. The lowest BCUT2D eigenvalue weighted by molar-refractivity contribution is -0.119. The summed E-state index contributed by atoms with van der Waals surface area (Å²) in [7, 11) is 0. The summed E-state index contributed by atoms with van der Waals surface area (Å²) in [4.78, 5) is 22.4. The lowest BCUT2D eigenvalue weighted by atomic mass is 10.1. The molecule has 0 aliphatic carbocycles. The van der Waals surface area contributed by atoms with Gasteiger partial charge in [0.25, 0.3) is 0 Å². The van der Waals surface area contributed by atoms with E-state index >= 15 is 0 Å². The van der Waals surface area contributed by atoms with Crippen LogP contribution in [0.5, 0.6) is 0 Å². The predicted molar refractivity (Wildman–Crippen MR) is 65.7 cm³/mol. The van der Waals surface area contributed by atoms with E-state index in [0.29, 0.717) is 19.5 Å². The molecule has 5 nitrogen and oxygen atoms in total. The highest BCUT2D eigenvalue weighted by Crippen LogP contribution is 2.07. The normalized spacial score (nSPS) is 18.2. The van der Waals surface area contributed by atoms with E-state index in [9.17, 15) is 9.59 Å². The molecule has 2 N–H and O–H groups in total. The molecule has 1 fully saturated rings. The summed E-state index contributed by atoms with van der Waals surface area (Å²) in [6.07, 6.45) is 0.0251. The fourth-order valence-electron chi connectivity index (χ4n) is 1.81. The molecule has 1 heterocycles. The van der Waals surface area contributed by atoms with Crippen molar-refractivity contribution in [3.63, 3.8) is 0 Å². The van der Waals surface area contributed by atoms with E-state index in [1.165, 1.54) is 0 Å². The molecular formula is C13H16N2O3. The Kier molecular flexibility index (Phi) is 4.17. The third-order valence-corrected chi connectivity index (χ3v) is 2.81. The van der Waals surface area contributed by atoms with Crippen LogP contribution in [0.1, 0.15) is 12.0 Å².